The Hall–Kier alpha value is -6.54. The van der Waals surface area contributed by atoms with Crippen molar-refractivity contribution < 1.29 is 52.3 Å². The van der Waals surface area contributed by atoms with Gasteiger partial charge in [0.1, 0.15) is 11.4 Å². The van der Waals surface area contributed by atoms with Crippen LogP contribution < -0.4 is 28.4 Å². The van der Waals surface area contributed by atoms with Gasteiger partial charge in [0.15, 0.2) is 46.0 Å². The number of carbonyl (C=O) groups excluding carboxylic acids is 2. The Morgan fingerprint density at radius 3 is 2.10 bits per heavy atom. The zero-order valence-electron chi connectivity index (χ0n) is 46.3. The van der Waals surface area contributed by atoms with E-state index in [4.69, 9.17) is 37.6 Å². The molecular weight excluding hydrogens is 973 g/mol. The van der Waals surface area contributed by atoms with Crippen LogP contribution in [0.15, 0.2) is 107 Å². The second kappa shape index (κ2) is 18.3. The summed E-state index contributed by atoms with van der Waals surface area (Å²) in [6.07, 6.45) is 13.1. The molecule has 5 aromatic rings. The van der Waals surface area contributed by atoms with Crippen LogP contribution in [0.3, 0.4) is 0 Å². The van der Waals surface area contributed by atoms with Gasteiger partial charge in [-0.25, -0.2) is 0 Å². The lowest BCUT2D eigenvalue weighted by Gasteiger charge is -2.62. The maximum Gasteiger partial charge on any atom is 0.206 e. The van der Waals surface area contributed by atoms with Gasteiger partial charge in [0, 0.05) is 41.6 Å². The largest absolute Gasteiger partial charge is 0.504 e. The Morgan fingerprint density at radius 1 is 0.727 bits per heavy atom. The zero-order chi connectivity index (χ0) is 54.1. The number of fused-ring (bicyclic) bond motifs is 5. The first kappa shape index (κ1) is 51.2. The van der Waals surface area contributed by atoms with Gasteiger partial charge in [-0.3, -0.25) is 19.4 Å². The number of allylic oxidation sites excluding steroid dienone is 4. The quantitative estimate of drug-likeness (QED) is 0.167. The number of aliphatic hydroxyl groups is 1. The van der Waals surface area contributed by atoms with Crippen molar-refractivity contribution in [1.29, 1.82) is 0 Å². The lowest BCUT2D eigenvalue weighted by molar-refractivity contribution is -0.162. The number of aliphatic hydroxyl groups excluding tert-OH is 1. The van der Waals surface area contributed by atoms with Crippen molar-refractivity contribution in [3.63, 3.8) is 0 Å². The molecule has 1 aromatic heterocycles. The van der Waals surface area contributed by atoms with Crippen molar-refractivity contribution in [2.45, 2.75) is 109 Å². The number of ketones is 2. The molecule has 4 aromatic carbocycles. The summed E-state index contributed by atoms with van der Waals surface area (Å²) in [5.74, 6) is 5.10. The van der Waals surface area contributed by atoms with Crippen LogP contribution in [0.5, 0.6) is 46.0 Å². The number of hydrogen-bond acceptors (Lipinski definition) is 13. The van der Waals surface area contributed by atoms with E-state index in [0.29, 0.717) is 45.8 Å². The van der Waals surface area contributed by atoms with Gasteiger partial charge in [-0.2, -0.15) is 0 Å². The summed E-state index contributed by atoms with van der Waals surface area (Å²) in [6, 6.07) is 23.2. The summed E-state index contributed by atoms with van der Waals surface area (Å²) in [6.45, 7) is 11.9. The molecule has 0 radical (unpaired) electrons. The van der Waals surface area contributed by atoms with Crippen molar-refractivity contribution in [2.24, 2.45) is 27.6 Å². The fraction of sp³-hybridized carbons (Fsp3) is 0.469. The molecule has 2 saturated carbocycles. The van der Waals surface area contributed by atoms with Crippen LogP contribution in [0.1, 0.15) is 111 Å². The predicted molar refractivity (Wildman–Crippen MR) is 291 cm³/mol. The number of nitrogens with zero attached hydrogens (tertiary/aromatic N) is 2. The van der Waals surface area contributed by atoms with E-state index >= 15 is 0 Å². The number of hydrogen-bond donors (Lipinski definition) is 1. The first-order valence-corrected chi connectivity index (χ1v) is 27.3. The van der Waals surface area contributed by atoms with Crippen molar-refractivity contribution in [3.8, 4) is 46.0 Å². The van der Waals surface area contributed by atoms with Crippen LogP contribution >= 0.6 is 0 Å². The summed E-state index contributed by atoms with van der Waals surface area (Å²) in [5, 5.41) is 11.4. The Labute approximate surface area is 452 Å². The van der Waals surface area contributed by atoms with E-state index in [1.54, 1.807) is 40.8 Å². The maximum atomic E-state index is 14.0. The third-order valence-electron chi connectivity index (χ3n) is 20.0. The number of likely N-dealkylation sites (N-methyl/N-ethyl adjacent to an activating group) is 2. The van der Waals surface area contributed by atoms with Crippen molar-refractivity contribution >= 4 is 11.6 Å². The molecule has 13 heteroatoms. The molecule has 1 saturated heterocycles. The second-order valence-corrected chi connectivity index (χ2v) is 24.0. The fourth-order valence-electron chi connectivity index (χ4n) is 16.1. The fourth-order valence-corrected chi connectivity index (χ4v) is 16.1. The highest BCUT2D eigenvalue weighted by molar-refractivity contribution is 6.06. The molecule has 4 aliphatic carbocycles. The highest BCUT2D eigenvalue weighted by atomic mass is 16.6. The number of benzene rings is 4. The van der Waals surface area contributed by atoms with Gasteiger partial charge in [-0.1, -0.05) is 38.1 Å². The van der Waals surface area contributed by atoms with Crippen molar-refractivity contribution in [1.82, 2.24) is 9.80 Å². The van der Waals surface area contributed by atoms with E-state index in [2.05, 4.69) is 80.2 Å². The number of furan rings is 1. The molecule has 0 amide bonds. The summed E-state index contributed by atoms with van der Waals surface area (Å²) in [4.78, 5) is 31.6. The topological polar surface area (TPSA) is 142 Å². The van der Waals surface area contributed by atoms with Gasteiger partial charge >= 0.3 is 0 Å². The minimum absolute atomic E-state index is 0.000437. The Bertz CT molecular complexity index is 3270. The zero-order valence-corrected chi connectivity index (χ0v) is 46.3. The smallest absolute Gasteiger partial charge is 0.206 e. The average Bonchev–Trinajstić information content (AvgIpc) is 1.85. The SMILES string of the molecule is CC1(C)C(=O)C=CC2(C)C1=C(O)C(=O)C1(C)C2CCC2(C)C(c3ccoc3)CC3OC321.COc1ccc2cc1Oc1ccc(cc1)CC1c3cc(c(OC)cc3CCN1C)Oc1c(OC)c(OC)cc3c1C(C2)N(C)CC3. The van der Waals surface area contributed by atoms with Crippen LogP contribution in [0, 0.1) is 27.6 Å². The summed E-state index contributed by atoms with van der Waals surface area (Å²) in [7, 11) is 11.1. The van der Waals surface area contributed by atoms with Crippen LogP contribution in [0.4, 0.5) is 0 Å². The van der Waals surface area contributed by atoms with E-state index in [1.165, 1.54) is 27.8 Å². The Kier molecular flexibility index (Phi) is 12.2. The van der Waals surface area contributed by atoms with E-state index in [0.717, 1.165) is 74.9 Å². The third-order valence-corrected chi connectivity index (χ3v) is 20.0. The van der Waals surface area contributed by atoms with E-state index in [1.807, 2.05) is 57.4 Å². The van der Waals surface area contributed by atoms with Gasteiger partial charge in [0.2, 0.25) is 11.5 Å². The average molecular weight is 1050 g/mol. The highest BCUT2D eigenvalue weighted by Gasteiger charge is 2.87. The molecule has 404 valence electrons. The minimum Gasteiger partial charge on any atom is -0.504 e. The van der Waals surface area contributed by atoms with Crippen LogP contribution in [-0.2, 0) is 40.0 Å². The molecule has 6 bridgehead atoms. The van der Waals surface area contributed by atoms with E-state index in [-0.39, 0.29) is 52.8 Å². The number of rotatable bonds is 5. The number of epoxide rings is 1. The first-order chi connectivity index (χ1) is 36.9. The van der Waals surface area contributed by atoms with Crippen LogP contribution in [0.2, 0.25) is 0 Å². The molecular formula is C64H72N2O11. The van der Waals surface area contributed by atoms with Gasteiger partial charge in [-0.15, -0.1) is 0 Å². The molecule has 9 unspecified atom stereocenters. The normalized spacial score (nSPS) is 31.3. The Morgan fingerprint density at radius 2 is 1.40 bits per heavy atom. The molecule has 3 fully saturated rings. The molecule has 5 aliphatic heterocycles. The minimum atomic E-state index is -0.901. The number of Topliss-reactive ketones (excluding diaryl/α,β-unsaturated/α-hetero) is 1. The number of ether oxygens (including phenoxy) is 7. The molecule has 1 N–H and O–H groups in total. The standard InChI is InChI=1S/C38H42N2O6.C26H30O5/c1-39-15-13-25-20-32(42-4)34-22-28(25)29(39)17-23-7-10-27(11-8-23)45-33-19-24(9-12-31(33)41-3)18-30-36-26(14-16-40(30)2)21-35(43-5)37(44-6)38(36)46-34;1-22(2)17(27)7-9-23(3)16-6-10-24(4)15(14-8-11-30-13-14)12-18-26(24,31-18)25(16,5)21(29)19(28)20(22)23/h7-12,19-22,29-30H,13-18H2,1-6H3;7-9,11,13,15-16,18,28H,6,10,12H2,1-5H3. The molecule has 9 aliphatic rings. The third kappa shape index (κ3) is 7.42. The highest BCUT2D eigenvalue weighted by Crippen LogP contribution is 2.81. The first-order valence-electron chi connectivity index (χ1n) is 27.3. The predicted octanol–water partition coefficient (Wildman–Crippen LogP) is 12.1. The Balaban J connectivity index is 0.000000167. The van der Waals surface area contributed by atoms with Crippen molar-refractivity contribution in [2.75, 3.05) is 55.6 Å². The van der Waals surface area contributed by atoms with Gasteiger partial charge in [-0.05, 0) is 185 Å². The molecule has 9 atom stereocenters. The molecule has 77 heavy (non-hydrogen) atoms. The summed E-state index contributed by atoms with van der Waals surface area (Å²) in [5.41, 5.74) is 5.75. The number of methoxy groups -OCH3 is 4. The molecule has 1 spiro atoms. The van der Waals surface area contributed by atoms with Crippen LogP contribution in [-0.4, -0.2) is 93.8 Å². The van der Waals surface area contributed by atoms with Gasteiger partial charge < -0.3 is 42.7 Å². The summed E-state index contributed by atoms with van der Waals surface area (Å²) < 4.78 is 49.0. The number of carbonyl (C=O) groups is 2. The van der Waals surface area contributed by atoms with Crippen molar-refractivity contribution in [3.05, 3.63) is 142 Å². The lowest BCUT2D eigenvalue weighted by Crippen LogP contribution is -2.66. The van der Waals surface area contributed by atoms with Gasteiger partial charge in [0.05, 0.1) is 57.9 Å². The van der Waals surface area contributed by atoms with Crippen LogP contribution in [0.25, 0.3) is 0 Å². The van der Waals surface area contributed by atoms with E-state index in [9.17, 15) is 14.7 Å². The molecule has 6 heterocycles. The summed E-state index contributed by atoms with van der Waals surface area (Å²) >= 11 is 0. The molecule has 14 rings (SSSR count). The second-order valence-electron chi connectivity index (χ2n) is 24.0. The lowest BCUT2D eigenvalue weighted by atomic mass is 9.39. The maximum absolute atomic E-state index is 14.0. The van der Waals surface area contributed by atoms with E-state index < -0.39 is 21.8 Å². The monoisotopic (exact) mass is 1040 g/mol. The molecule has 13 nitrogen and oxygen atoms in total. The van der Waals surface area contributed by atoms with Gasteiger partial charge in [0.25, 0.3) is 0 Å².